The lowest BCUT2D eigenvalue weighted by atomic mass is 9.86. The number of hydrogen-bond acceptors (Lipinski definition) is 2. The molecule has 0 aliphatic heterocycles. The van der Waals surface area contributed by atoms with Crippen molar-refractivity contribution in [3.8, 4) is 0 Å². The summed E-state index contributed by atoms with van der Waals surface area (Å²) in [6.45, 7) is 4.99. The molecule has 0 radical (unpaired) electrons. The minimum absolute atomic E-state index is 0.110. The predicted molar refractivity (Wildman–Crippen MR) is 78.6 cm³/mol. The van der Waals surface area contributed by atoms with Crippen molar-refractivity contribution in [2.75, 3.05) is 6.54 Å². The van der Waals surface area contributed by atoms with E-state index in [0.29, 0.717) is 18.4 Å². The van der Waals surface area contributed by atoms with Gasteiger partial charge in [0.05, 0.1) is 0 Å². The number of hydrogen-bond donors (Lipinski definition) is 2. The maximum atomic E-state index is 12.0. The molecule has 3 nitrogen and oxygen atoms in total. The van der Waals surface area contributed by atoms with Crippen LogP contribution in [0, 0.1) is 23.7 Å². The Morgan fingerprint density at radius 3 is 2.53 bits per heavy atom. The van der Waals surface area contributed by atoms with Crippen LogP contribution in [-0.2, 0) is 4.79 Å². The third-order valence-electron chi connectivity index (χ3n) is 5.52. The molecule has 2 saturated carbocycles. The van der Waals surface area contributed by atoms with Crippen LogP contribution in [0.15, 0.2) is 0 Å². The van der Waals surface area contributed by atoms with Crippen molar-refractivity contribution < 1.29 is 4.79 Å². The second kappa shape index (κ2) is 6.74. The summed E-state index contributed by atoms with van der Waals surface area (Å²) in [6, 6.07) is 0.110. The lowest BCUT2D eigenvalue weighted by Crippen LogP contribution is -2.42. The number of amides is 1. The van der Waals surface area contributed by atoms with Gasteiger partial charge in [-0.2, -0.15) is 0 Å². The van der Waals surface area contributed by atoms with Gasteiger partial charge in [0.1, 0.15) is 0 Å². The van der Waals surface area contributed by atoms with E-state index in [1.54, 1.807) is 0 Å². The van der Waals surface area contributed by atoms with Crippen LogP contribution < -0.4 is 11.1 Å². The molecule has 0 saturated heterocycles. The van der Waals surface area contributed by atoms with Gasteiger partial charge >= 0.3 is 0 Å². The number of rotatable bonds is 7. The van der Waals surface area contributed by atoms with Crippen LogP contribution in [0.5, 0.6) is 0 Å². The zero-order valence-corrected chi connectivity index (χ0v) is 12.5. The van der Waals surface area contributed by atoms with Crippen LogP contribution >= 0.6 is 0 Å². The van der Waals surface area contributed by atoms with Crippen LogP contribution in [0.4, 0.5) is 0 Å². The summed E-state index contributed by atoms with van der Waals surface area (Å²) in [7, 11) is 0. The van der Waals surface area contributed by atoms with Crippen molar-refractivity contribution in [1.29, 1.82) is 0 Å². The summed E-state index contributed by atoms with van der Waals surface area (Å²) in [4.78, 5) is 12.0. The van der Waals surface area contributed by atoms with E-state index in [0.717, 1.165) is 31.1 Å². The lowest BCUT2D eigenvalue weighted by Gasteiger charge is -2.23. The third kappa shape index (κ3) is 3.71. The summed E-state index contributed by atoms with van der Waals surface area (Å²) in [6.07, 6.45) is 8.36. The third-order valence-corrected chi connectivity index (χ3v) is 5.52. The van der Waals surface area contributed by atoms with Gasteiger partial charge in [0.25, 0.3) is 0 Å². The minimum atomic E-state index is 0.110. The molecule has 0 spiro atoms. The molecule has 0 heterocycles. The Morgan fingerprint density at radius 1 is 1.26 bits per heavy atom. The van der Waals surface area contributed by atoms with Crippen molar-refractivity contribution in [1.82, 2.24) is 5.32 Å². The standard InChI is InChI=1S/C16H30N2O/c1-3-12(4-2)15(17)10-18-16(19)9-14-8-11-5-6-13(14)7-11/h11-15H,3-10,17H2,1-2H3,(H,18,19). The van der Waals surface area contributed by atoms with Crippen molar-refractivity contribution in [3.63, 3.8) is 0 Å². The Kier molecular flexibility index (Phi) is 5.26. The normalized spacial score (nSPS) is 30.8. The number of fused-ring (bicyclic) bond motifs is 2. The second-order valence-electron chi connectivity index (χ2n) is 6.68. The SMILES string of the molecule is CCC(CC)C(N)CNC(=O)CC1CC2CCC1C2. The van der Waals surface area contributed by atoms with Crippen molar-refractivity contribution in [3.05, 3.63) is 0 Å². The second-order valence-corrected chi connectivity index (χ2v) is 6.68. The molecule has 3 heteroatoms. The molecule has 1 amide bonds. The van der Waals surface area contributed by atoms with Crippen LogP contribution in [0.2, 0.25) is 0 Å². The van der Waals surface area contributed by atoms with Crippen LogP contribution in [0.3, 0.4) is 0 Å². The van der Waals surface area contributed by atoms with Gasteiger partial charge in [-0.05, 0) is 42.9 Å². The van der Waals surface area contributed by atoms with E-state index in [-0.39, 0.29) is 11.9 Å². The average Bonchev–Trinajstić information content (AvgIpc) is 3.00. The minimum Gasteiger partial charge on any atom is -0.355 e. The largest absolute Gasteiger partial charge is 0.355 e. The summed E-state index contributed by atoms with van der Waals surface area (Å²) < 4.78 is 0. The van der Waals surface area contributed by atoms with Gasteiger partial charge in [-0.1, -0.05) is 33.1 Å². The first kappa shape index (κ1) is 14.8. The van der Waals surface area contributed by atoms with E-state index in [4.69, 9.17) is 5.73 Å². The molecule has 2 rings (SSSR count). The average molecular weight is 266 g/mol. The molecule has 0 aromatic rings. The molecule has 2 aliphatic carbocycles. The van der Waals surface area contributed by atoms with Crippen LogP contribution in [0.25, 0.3) is 0 Å². The summed E-state index contributed by atoms with van der Waals surface area (Å²) in [5.74, 6) is 3.17. The smallest absolute Gasteiger partial charge is 0.220 e. The summed E-state index contributed by atoms with van der Waals surface area (Å²) in [5, 5.41) is 3.05. The van der Waals surface area contributed by atoms with Gasteiger partial charge in [0.15, 0.2) is 0 Å². The Labute approximate surface area is 117 Å². The number of nitrogens with one attached hydrogen (secondary N) is 1. The topological polar surface area (TPSA) is 55.1 Å². The molecule has 2 aliphatic rings. The summed E-state index contributed by atoms with van der Waals surface area (Å²) in [5.41, 5.74) is 6.14. The molecule has 19 heavy (non-hydrogen) atoms. The number of carbonyl (C=O) groups is 1. The Bertz CT molecular complexity index is 301. The van der Waals surface area contributed by atoms with Gasteiger partial charge in [-0.3, -0.25) is 4.79 Å². The molecular formula is C16H30N2O. The first-order chi connectivity index (χ1) is 9.13. The maximum absolute atomic E-state index is 12.0. The van der Waals surface area contributed by atoms with E-state index in [2.05, 4.69) is 19.2 Å². The zero-order valence-electron chi connectivity index (χ0n) is 12.5. The van der Waals surface area contributed by atoms with E-state index in [9.17, 15) is 4.79 Å². The molecule has 2 fully saturated rings. The highest BCUT2D eigenvalue weighted by Gasteiger charge is 2.40. The van der Waals surface area contributed by atoms with Gasteiger partial charge in [-0.15, -0.1) is 0 Å². The molecule has 4 atom stereocenters. The lowest BCUT2D eigenvalue weighted by molar-refractivity contribution is -0.122. The summed E-state index contributed by atoms with van der Waals surface area (Å²) >= 11 is 0. The van der Waals surface area contributed by atoms with Crippen molar-refractivity contribution in [2.45, 2.75) is 64.8 Å². The molecule has 110 valence electrons. The first-order valence-electron chi connectivity index (χ1n) is 8.16. The van der Waals surface area contributed by atoms with E-state index < -0.39 is 0 Å². The molecular weight excluding hydrogens is 236 g/mol. The molecule has 2 bridgehead atoms. The fourth-order valence-electron chi connectivity index (χ4n) is 4.23. The van der Waals surface area contributed by atoms with Crippen molar-refractivity contribution >= 4 is 5.91 Å². The molecule has 3 N–H and O–H groups in total. The Morgan fingerprint density at radius 2 is 2.00 bits per heavy atom. The number of carbonyl (C=O) groups excluding carboxylic acids is 1. The Hall–Kier alpha value is -0.570. The first-order valence-corrected chi connectivity index (χ1v) is 8.16. The van der Waals surface area contributed by atoms with E-state index in [1.165, 1.54) is 25.7 Å². The van der Waals surface area contributed by atoms with Gasteiger partial charge < -0.3 is 11.1 Å². The highest BCUT2D eigenvalue weighted by Crippen LogP contribution is 2.49. The molecule has 0 aromatic carbocycles. The molecule has 0 aromatic heterocycles. The van der Waals surface area contributed by atoms with Gasteiger partial charge in [0, 0.05) is 19.0 Å². The van der Waals surface area contributed by atoms with Gasteiger partial charge in [-0.25, -0.2) is 0 Å². The van der Waals surface area contributed by atoms with Crippen LogP contribution in [-0.4, -0.2) is 18.5 Å². The van der Waals surface area contributed by atoms with Gasteiger partial charge in [0.2, 0.25) is 5.91 Å². The maximum Gasteiger partial charge on any atom is 0.220 e. The predicted octanol–water partition coefficient (Wildman–Crippen LogP) is 2.69. The monoisotopic (exact) mass is 266 g/mol. The molecule has 4 unspecified atom stereocenters. The zero-order chi connectivity index (χ0) is 13.8. The van der Waals surface area contributed by atoms with Crippen molar-refractivity contribution in [2.24, 2.45) is 29.4 Å². The Balaban J connectivity index is 1.67. The number of nitrogens with two attached hydrogens (primary N) is 1. The fraction of sp³-hybridized carbons (Fsp3) is 0.938. The fourth-order valence-corrected chi connectivity index (χ4v) is 4.23. The van der Waals surface area contributed by atoms with E-state index in [1.807, 2.05) is 0 Å². The quantitative estimate of drug-likeness (QED) is 0.744. The highest BCUT2D eigenvalue weighted by atomic mass is 16.1. The van der Waals surface area contributed by atoms with Crippen LogP contribution in [0.1, 0.15) is 58.8 Å². The highest BCUT2D eigenvalue weighted by molar-refractivity contribution is 5.76. The van der Waals surface area contributed by atoms with E-state index >= 15 is 0 Å².